The summed E-state index contributed by atoms with van der Waals surface area (Å²) >= 11 is 8.25. The van der Waals surface area contributed by atoms with Gasteiger partial charge in [0.15, 0.2) is 10.2 Å². The molecule has 0 bridgehead atoms. The quantitative estimate of drug-likeness (QED) is 0.761. The van der Waals surface area contributed by atoms with Crippen LogP contribution in [0.2, 0.25) is 0 Å². The van der Waals surface area contributed by atoms with E-state index < -0.39 is 0 Å². The number of carbonyl (C=O) groups excluding carboxylic acids is 2. The summed E-state index contributed by atoms with van der Waals surface area (Å²) in [6, 6.07) is 0. The van der Waals surface area contributed by atoms with Crippen LogP contribution in [0.4, 0.5) is 0 Å². The Morgan fingerprint density at radius 1 is 1.16 bits per heavy atom. The minimum Gasteiger partial charge on any atom is -0.341 e. The maximum absolute atomic E-state index is 11.0. The van der Waals surface area contributed by atoms with Crippen molar-refractivity contribution in [1.82, 2.24) is 0 Å². The molecule has 1 spiro atoms. The molecule has 3 unspecified atom stereocenters. The van der Waals surface area contributed by atoms with E-state index in [9.17, 15) is 9.59 Å². The Hall–Kier alpha value is 1.05. The van der Waals surface area contributed by atoms with Gasteiger partial charge in [-0.15, -0.1) is 23.5 Å². The third kappa shape index (κ3) is 5.07. The predicted molar refractivity (Wildman–Crippen MR) is 90.2 cm³/mol. The highest BCUT2D eigenvalue weighted by Gasteiger charge is 2.48. The molecule has 2 heterocycles. The molecule has 2 aliphatic heterocycles. The fourth-order valence-electron chi connectivity index (χ4n) is 1.66. The molecule has 0 saturated carbocycles. The summed E-state index contributed by atoms with van der Waals surface area (Å²) in [7, 11) is 0. The van der Waals surface area contributed by atoms with Crippen molar-refractivity contribution < 1.29 is 14.3 Å². The molecule has 108 valence electrons. The zero-order valence-corrected chi connectivity index (χ0v) is 14.8. The lowest BCUT2D eigenvalue weighted by atomic mass is 10.5. The van der Waals surface area contributed by atoms with E-state index in [0.717, 1.165) is 23.0 Å². The minimum absolute atomic E-state index is 0.150. The molecular weight excluding hydrogens is 340 g/mol. The predicted octanol–water partition coefficient (Wildman–Crippen LogP) is 3.14. The van der Waals surface area contributed by atoms with Gasteiger partial charge in [0.25, 0.3) is 0 Å². The smallest absolute Gasteiger partial charge is 0.209 e. The molecule has 0 amide bonds. The summed E-state index contributed by atoms with van der Waals surface area (Å²) in [6.45, 7) is 3.21. The lowest BCUT2D eigenvalue weighted by Crippen LogP contribution is -2.20. The van der Waals surface area contributed by atoms with E-state index in [1.54, 1.807) is 13.8 Å². The Balaban J connectivity index is 1.76. The average molecular weight is 357 g/mol. The first-order valence-corrected chi connectivity index (χ1v) is 10.7. The third-order valence-electron chi connectivity index (χ3n) is 2.46. The van der Waals surface area contributed by atoms with Gasteiger partial charge in [-0.2, -0.15) is 0 Å². The van der Waals surface area contributed by atoms with Gasteiger partial charge in [0.05, 0.1) is 6.10 Å². The highest BCUT2D eigenvalue weighted by Crippen LogP contribution is 2.60. The Morgan fingerprint density at radius 2 is 1.79 bits per heavy atom. The van der Waals surface area contributed by atoms with Crippen molar-refractivity contribution in [2.75, 3.05) is 23.0 Å². The second-order valence-electron chi connectivity index (χ2n) is 4.21. The third-order valence-corrected chi connectivity index (χ3v) is 9.85. The number of hydrogen-bond donors (Lipinski definition) is 0. The van der Waals surface area contributed by atoms with Crippen molar-refractivity contribution in [1.29, 1.82) is 0 Å². The van der Waals surface area contributed by atoms with Gasteiger partial charge in [-0.3, -0.25) is 9.59 Å². The molecule has 3 atom stereocenters. The van der Waals surface area contributed by atoms with Crippen molar-refractivity contribution in [2.45, 2.75) is 28.8 Å². The molecule has 0 aromatic rings. The van der Waals surface area contributed by atoms with Gasteiger partial charge in [0, 0.05) is 42.1 Å². The number of hydrogen-bond acceptors (Lipinski definition) is 8. The molecule has 8 heteroatoms. The maximum atomic E-state index is 11.0. The van der Waals surface area contributed by atoms with Crippen LogP contribution in [0.5, 0.6) is 0 Å². The molecule has 3 nitrogen and oxygen atoms in total. The Kier molecular flexibility index (Phi) is 6.36. The van der Waals surface area contributed by atoms with Gasteiger partial charge >= 0.3 is 0 Å². The zero-order chi connectivity index (χ0) is 13.9. The molecule has 2 fully saturated rings. The molecule has 2 rings (SSSR count). The highest BCUT2D eigenvalue weighted by atomic mass is 32.3. The van der Waals surface area contributed by atoms with Gasteiger partial charge in [-0.05, 0) is 0 Å². The van der Waals surface area contributed by atoms with E-state index in [4.69, 9.17) is 4.74 Å². The Morgan fingerprint density at radius 3 is 2.47 bits per heavy atom. The van der Waals surface area contributed by atoms with Crippen LogP contribution >= 0.6 is 58.8 Å². The lowest BCUT2D eigenvalue weighted by molar-refractivity contribution is -0.109. The molecule has 0 aromatic heterocycles. The second-order valence-corrected chi connectivity index (χ2v) is 11.2. The van der Waals surface area contributed by atoms with Crippen molar-refractivity contribution in [3.63, 3.8) is 0 Å². The van der Waals surface area contributed by atoms with E-state index >= 15 is 0 Å². The fourth-order valence-corrected chi connectivity index (χ4v) is 8.66. The molecule has 2 aliphatic rings. The van der Waals surface area contributed by atoms with Crippen LogP contribution in [-0.2, 0) is 14.3 Å². The monoisotopic (exact) mass is 356 g/mol. The van der Waals surface area contributed by atoms with Gasteiger partial charge < -0.3 is 4.74 Å². The summed E-state index contributed by atoms with van der Waals surface area (Å²) < 4.78 is 5.93. The Labute approximate surface area is 134 Å². The first-order chi connectivity index (χ1) is 8.99. The highest BCUT2D eigenvalue weighted by molar-refractivity contribution is 8.36. The van der Waals surface area contributed by atoms with Crippen LogP contribution in [0.15, 0.2) is 0 Å². The van der Waals surface area contributed by atoms with Crippen LogP contribution in [0.3, 0.4) is 0 Å². The van der Waals surface area contributed by atoms with Crippen LogP contribution in [0.25, 0.3) is 0 Å². The van der Waals surface area contributed by atoms with Gasteiger partial charge in [-0.25, -0.2) is 0 Å². The normalized spacial score (nSPS) is 34.0. The van der Waals surface area contributed by atoms with Gasteiger partial charge in [0.1, 0.15) is 0 Å². The molecule has 2 saturated heterocycles. The molecular formula is C11H16O3S5. The van der Waals surface area contributed by atoms with Gasteiger partial charge in [0.2, 0.25) is 3.60 Å². The van der Waals surface area contributed by atoms with Gasteiger partial charge in [-0.1, -0.05) is 35.3 Å². The molecule has 0 aliphatic carbocycles. The van der Waals surface area contributed by atoms with E-state index in [2.05, 4.69) is 0 Å². The summed E-state index contributed by atoms with van der Waals surface area (Å²) in [5.74, 6) is 3.60. The van der Waals surface area contributed by atoms with Crippen molar-refractivity contribution in [3.8, 4) is 0 Å². The van der Waals surface area contributed by atoms with E-state index in [1.807, 2.05) is 35.3 Å². The summed E-state index contributed by atoms with van der Waals surface area (Å²) in [5, 5.41) is 0.810. The van der Waals surface area contributed by atoms with Crippen molar-refractivity contribution >= 4 is 69.0 Å². The van der Waals surface area contributed by atoms with Crippen LogP contribution < -0.4 is 0 Å². The summed E-state index contributed by atoms with van der Waals surface area (Å²) in [6.07, 6.45) is 0.165. The van der Waals surface area contributed by atoms with Crippen LogP contribution in [-0.4, -0.2) is 48.2 Å². The Bertz CT molecular complexity index is 328. The standard InChI is InChI=1S/C11H16O3S5/c1-7(12)15-3-9-4-17-11(14-9)18-6-10(19-11)5-16-8(2)13/h9-10H,3-6H2,1-2H3. The van der Waals surface area contributed by atoms with Crippen molar-refractivity contribution in [2.24, 2.45) is 0 Å². The average Bonchev–Trinajstić information content (AvgIpc) is 2.92. The number of rotatable bonds is 4. The van der Waals surface area contributed by atoms with Crippen molar-refractivity contribution in [3.05, 3.63) is 0 Å². The largest absolute Gasteiger partial charge is 0.341 e. The number of thioether (sulfide) groups is 5. The zero-order valence-electron chi connectivity index (χ0n) is 10.7. The molecule has 19 heavy (non-hydrogen) atoms. The molecule has 0 N–H and O–H groups in total. The maximum Gasteiger partial charge on any atom is 0.209 e. The first kappa shape index (κ1) is 16.4. The number of carbonyl (C=O) groups is 2. The van der Waals surface area contributed by atoms with Crippen LogP contribution in [0, 0.1) is 0 Å². The first-order valence-electron chi connectivity index (χ1n) is 5.89. The fraction of sp³-hybridized carbons (Fsp3) is 0.818. The summed E-state index contributed by atoms with van der Waals surface area (Å²) in [5.41, 5.74) is 0. The minimum atomic E-state index is -0.190. The van der Waals surface area contributed by atoms with Crippen LogP contribution in [0.1, 0.15) is 13.8 Å². The number of ether oxygens (including phenoxy) is 1. The topological polar surface area (TPSA) is 43.4 Å². The molecule has 0 radical (unpaired) electrons. The second kappa shape index (κ2) is 7.35. The van der Waals surface area contributed by atoms with E-state index in [-0.39, 0.29) is 19.9 Å². The SMILES string of the molecule is CC(=O)SCC1CSC2(O1)SCC(CSC(C)=O)S2. The van der Waals surface area contributed by atoms with E-state index in [1.165, 1.54) is 23.5 Å². The lowest BCUT2D eigenvalue weighted by Gasteiger charge is -2.21. The van der Waals surface area contributed by atoms with E-state index in [0.29, 0.717) is 5.25 Å². The summed E-state index contributed by atoms with van der Waals surface area (Å²) in [4.78, 5) is 22.0. The molecule has 0 aromatic carbocycles.